The highest BCUT2D eigenvalue weighted by Crippen LogP contribution is 2.28. The average molecular weight is 435 g/mol. The first kappa shape index (κ1) is 21.1. The van der Waals surface area contributed by atoms with Gasteiger partial charge >= 0.3 is 0 Å². The highest BCUT2D eigenvalue weighted by molar-refractivity contribution is 7.98. The van der Waals surface area contributed by atoms with Crippen LogP contribution in [-0.2, 0) is 12.3 Å². The Kier molecular flexibility index (Phi) is 6.32. The molecule has 7 heteroatoms. The lowest BCUT2D eigenvalue weighted by Crippen LogP contribution is -2.29. The van der Waals surface area contributed by atoms with Gasteiger partial charge in [-0.1, -0.05) is 42.1 Å². The Morgan fingerprint density at radius 2 is 1.90 bits per heavy atom. The van der Waals surface area contributed by atoms with Gasteiger partial charge in [-0.15, -0.1) is 0 Å². The van der Waals surface area contributed by atoms with Crippen molar-refractivity contribution < 1.29 is 9.18 Å². The molecule has 158 valence electrons. The zero-order valence-corrected chi connectivity index (χ0v) is 18.2. The molecule has 0 bridgehead atoms. The molecule has 4 rings (SSSR count). The van der Waals surface area contributed by atoms with Crippen molar-refractivity contribution in [1.29, 1.82) is 0 Å². The van der Waals surface area contributed by atoms with E-state index in [-0.39, 0.29) is 17.8 Å². The number of carbonyl (C=O) groups excluding carboxylic acids is 1. The number of nitrogens with one attached hydrogen (secondary N) is 1. The molecule has 0 aliphatic carbocycles. The van der Waals surface area contributed by atoms with E-state index < -0.39 is 0 Å². The first-order chi connectivity index (χ1) is 15.0. The largest absolute Gasteiger partial charge is 0.350 e. The first-order valence-electron chi connectivity index (χ1n) is 10.1. The van der Waals surface area contributed by atoms with Crippen molar-refractivity contribution >= 4 is 28.7 Å². The fourth-order valence-corrected chi connectivity index (χ4v) is 4.22. The zero-order valence-electron chi connectivity index (χ0n) is 17.4. The number of pyridine rings is 1. The summed E-state index contributed by atoms with van der Waals surface area (Å²) in [4.78, 5) is 21.1. The van der Waals surface area contributed by atoms with Crippen LogP contribution < -0.4 is 5.32 Å². The van der Waals surface area contributed by atoms with Gasteiger partial charge in [0.15, 0.2) is 5.16 Å². The van der Waals surface area contributed by atoms with Gasteiger partial charge in [0.2, 0.25) is 0 Å². The van der Waals surface area contributed by atoms with Crippen molar-refractivity contribution in [2.24, 2.45) is 0 Å². The summed E-state index contributed by atoms with van der Waals surface area (Å²) in [6.45, 7) is 4.25. The van der Waals surface area contributed by atoms with Crippen LogP contribution in [-0.4, -0.2) is 26.5 Å². The second kappa shape index (κ2) is 9.31. The van der Waals surface area contributed by atoms with E-state index >= 15 is 0 Å². The molecule has 2 heterocycles. The molecular weight excluding hydrogens is 411 g/mol. The van der Waals surface area contributed by atoms with E-state index in [1.807, 2.05) is 54.8 Å². The summed E-state index contributed by atoms with van der Waals surface area (Å²) in [6.07, 6.45) is 3.47. The Labute approximate surface area is 184 Å². The minimum atomic E-state index is -0.237. The number of halogens is 1. The number of imidazole rings is 1. The maximum Gasteiger partial charge on any atom is 0.251 e. The lowest BCUT2D eigenvalue weighted by atomic mass is 10.1. The smallest absolute Gasteiger partial charge is 0.251 e. The summed E-state index contributed by atoms with van der Waals surface area (Å²) in [5.41, 5.74) is 4.02. The minimum Gasteiger partial charge on any atom is -0.350 e. The van der Waals surface area contributed by atoms with Crippen LogP contribution in [0.1, 0.15) is 35.3 Å². The number of hydrogen-bond acceptors (Lipinski definition) is 4. The van der Waals surface area contributed by atoms with Crippen molar-refractivity contribution in [3.8, 4) is 0 Å². The van der Waals surface area contributed by atoms with E-state index in [1.165, 1.54) is 6.07 Å². The minimum absolute atomic E-state index is 0.0756. The predicted octanol–water partition coefficient (Wildman–Crippen LogP) is 5.05. The van der Waals surface area contributed by atoms with Gasteiger partial charge < -0.3 is 9.88 Å². The molecule has 0 atom stereocenters. The quantitative estimate of drug-likeness (QED) is 0.414. The fraction of sp³-hybridized carbons (Fsp3) is 0.208. The Morgan fingerprint density at radius 3 is 2.65 bits per heavy atom. The molecule has 1 N–H and O–H groups in total. The molecule has 1 amide bonds. The lowest BCUT2D eigenvalue weighted by Gasteiger charge is -2.10. The Bertz CT molecular complexity index is 1200. The van der Waals surface area contributed by atoms with E-state index in [4.69, 9.17) is 4.98 Å². The Hall–Kier alpha value is -3.19. The molecule has 0 radical (unpaired) electrons. The molecule has 2 aromatic heterocycles. The van der Waals surface area contributed by atoms with Crippen LogP contribution in [0.5, 0.6) is 0 Å². The molecule has 4 aromatic rings. The summed E-state index contributed by atoms with van der Waals surface area (Å²) in [7, 11) is 0. The monoisotopic (exact) mass is 434 g/mol. The van der Waals surface area contributed by atoms with E-state index in [2.05, 4.69) is 10.3 Å². The van der Waals surface area contributed by atoms with E-state index in [0.29, 0.717) is 23.4 Å². The summed E-state index contributed by atoms with van der Waals surface area (Å²) in [6, 6.07) is 16.3. The SMILES string of the molecule is CC(C)NC(=O)c1ccc(CSc2nc3ccncc3n2Cc2ccccc2F)cc1. The van der Waals surface area contributed by atoms with Crippen molar-refractivity contribution in [1.82, 2.24) is 19.9 Å². The van der Waals surface area contributed by atoms with Gasteiger partial charge in [-0.05, 0) is 43.7 Å². The van der Waals surface area contributed by atoms with Crippen molar-refractivity contribution in [3.05, 3.63) is 89.5 Å². The topological polar surface area (TPSA) is 59.8 Å². The standard InChI is InChI=1S/C24H23FN4OS/c1-16(2)27-23(30)18-9-7-17(8-10-18)15-31-24-28-21-11-12-26-13-22(21)29(24)14-19-5-3-4-6-20(19)25/h3-13,16H,14-15H2,1-2H3,(H,27,30). The third kappa shape index (κ3) is 4.94. The molecule has 0 unspecified atom stereocenters. The average Bonchev–Trinajstić information content (AvgIpc) is 3.11. The predicted molar refractivity (Wildman–Crippen MR) is 122 cm³/mol. The number of nitrogens with zero attached hydrogens (tertiary/aromatic N) is 3. The summed E-state index contributed by atoms with van der Waals surface area (Å²) >= 11 is 1.58. The fourth-order valence-electron chi connectivity index (χ4n) is 3.25. The number of amides is 1. The van der Waals surface area contributed by atoms with Crippen LogP contribution in [0.4, 0.5) is 4.39 Å². The maximum absolute atomic E-state index is 14.3. The highest BCUT2D eigenvalue weighted by atomic mass is 32.2. The molecule has 0 saturated carbocycles. The van der Waals surface area contributed by atoms with Gasteiger partial charge in [0.05, 0.1) is 23.8 Å². The molecule has 0 fully saturated rings. The summed E-state index contributed by atoms with van der Waals surface area (Å²) in [5, 5.41) is 3.69. The van der Waals surface area contributed by atoms with E-state index in [1.54, 1.807) is 36.3 Å². The van der Waals surface area contributed by atoms with Crippen LogP contribution in [0.3, 0.4) is 0 Å². The molecule has 5 nitrogen and oxygen atoms in total. The number of fused-ring (bicyclic) bond motifs is 1. The second-order valence-electron chi connectivity index (χ2n) is 7.55. The Morgan fingerprint density at radius 1 is 1.13 bits per heavy atom. The number of aromatic nitrogens is 3. The molecule has 2 aromatic carbocycles. The van der Waals surface area contributed by atoms with Crippen LogP contribution in [0.15, 0.2) is 72.1 Å². The molecule has 0 saturated heterocycles. The lowest BCUT2D eigenvalue weighted by molar-refractivity contribution is 0.0943. The second-order valence-corrected chi connectivity index (χ2v) is 8.49. The van der Waals surface area contributed by atoms with E-state index in [0.717, 1.165) is 21.8 Å². The highest BCUT2D eigenvalue weighted by Gasteiger charge is 2.14. The van der Waals surface area contributed by atoms with Crippen LogP contribution >= 0.6 is 11.8 Å². The van der Waals surface area contributed by atoms with Crippen LogP contribution in [0.2, 0.25) is 0 Å². The first-order valence-corrected chi connectivity index (χ1v) is 11.1. The number of thioether (sulfide) groups is 1. The molecule has 0 aliphatic rings. The molecule has 0 spiro atoms. The van der Waals surface area contributed by atoms with Gasteiger partial charge in [-0.2, -0.15) is 0 Å². The van der Waals surface area contributed by atoms with E-state index in [9.17, 15) is 9.18 Å². The maximum atomic E-state index is 14.3. The number of benzene rings is 2. The third-order valence-electron chi connectivity index (χ3n) is 4.81. The van der Waals surface area contributed by atoms with Crippen molar-refractivity contribution in [3.63, 3.8) is 0 Å². The molecule has 31 heavy (non-hydrogen) atoms. The van der Waals surface area contributed by atoms with Crippen LogP contribution in [0.25, 0.3) is 11.0 Å². The third-order valence-corrected chi connectivity index (χ3v) is 5.85. The zero-order chi connectivity index (χ0) is 21.8. The number of carbonyl (C=O) groups is 1. The van der Waals surface area contributed by atoms with Crippen molar-refractivity contribution in [2.75, 3.05) is 0 Å². The Balaban J connectivity index is 1.55. The van der Waals surface area contributed by atoms with Gasteiger partial charge in [-0.3, -0.25) is 9.78 Å². The number of rotatable bonds is 7. The van der Waals surface area contributed by atoms with Gasteiger partial charge in [-0.25, -0.2) is 9.37 Å². The summed E-state index contributed by atoms with van der Waals surface area (Å²) < 4.78 is 16.3. The molecular formula is C24H23FN4OS. The normalized spacial score (nSPS) is 11.2. The molecule has 0 aliphatic heterocycles. The van der Waals surface area contributed by atoms with Crippen molar-refractivity contribution in [2.45, 2.75) is 37.3 Å². The number of hydrogen-bond donors (Lipinski definition) is 1. The van der Waals surface area contributed by atoms with Gasteiger partial charge in [0.25, 0.3) is 5.91 Å². The van der Waals surface area contributed by atoms with Crippen LogP contribution in [0, 0.1) is 5.82 Å². The van der Waals surface area contributed by atoms with Gasteiger partial charge in [0.1, 0.15) is 5.82 Å². The summed E-state index contributed by atoms with van der Waals surface area (Å²) in [5.74, 6) is 0.368. The van der Waals surface area contributed by atoms with Gasteiger partial charge in [0, 0.05) is 29.1 Å².